The van der Waals surface area contributed by atoms with Crippen LogP contribution in [0.15, 0.2) is 58.1 Å². The standard InChI is InChI=1S/C20H16FN3O2/c1-24(2)20-22-17-12-6-4-5-7-13(12)19(25)16(18(17)23-20)14-10-11(26-3)8-9-15(14)21/h4-10H,1-3H3. The first kappa shape index (κ1) is 16.2. The molecule has 6 heteroatoms. The van der Waals surface area contributed by atoms with Crippen LogP contribution < -0.4 is 4.74 Å². The molecule has 4 rings (SSSR count). The zero-order valence-corrected chi connectivity index (χ0v) is 14.6. The van der Waals surface area contributed by atoms with E-state index in [1.165, 1.54) is 25.3 Å². The normalized spacial score (nSPS) is 15.3. The summed E-state index contributed by atoms with van der Waals surface area (Å²) in [5.41, 5.74) is 2.54. The van der Waals surface area contributed by atoms with E-state index in [-0.39, 0.29) is 16.9 Å². The average molecular weight is 349 g/mol. The van der Waals surface area contributed by atoms with Crippen LogP contribution in [0.2, 0.25) is 0 Å². The fourth-order valence-corrected chi connectivity index (χ4v) is 3.10. The molecule has 0 aromatic heterocycles. The number of guanidine groups is 1. The number of methoxy groups -OCH3 is 1. The molecule has 0 amide bonds. The Bertz CT molecular complexity index is 1040. The molecule has 0 spiro atoms. The van der Waals surface area contributed by atoms with Gasteiger partial charge in [0.05, 0.1) is 12.7 Å². The molecule has 0 saturated heterocycles. The molecule has 1 heterocycles. The highest BCUT2D eigenvalue weighted by Gasteiger charge is 2.36. The van der Waals surface area contributed by atoms with Crippen LogP contribution in [0, 0.1) is 5.82 Å². The van der Waals surface area contributed by atoms with Crippen LogP contribution in [0.4, 0.5) is 4.39 Å². The number of nitrogens with zero attached hydrogens (tertiary/aromatic N) is 3. The fraction of sp³-hybridized carbons (Fsp3) is 0.150. The van der Waals surface area contributed by atoms with Gasteiger partial charge in [0.1, 0.15) is 23.0 Å². The van der Waals surface area contributed by atoms with Gasteiger partial charge in [0.25, 0.3) is 0 Å². The molecular weight excluding hydrogens is 333 g/mol. The van der Waals surface area contributed by atoms with Crippen molar-refractivity contribution >= 4 is 23.0 Å². The van der Waals surface area contributed by atoms with Gasteiger partial charge in [-0.3, -0.25) is 4.79 Å². The summed E-state index contributed by atoms with van der Waals surface area (Å²) >= 11 is 0. The molecule has 1 aliphatic heterocycles. The number of halogens is 1. The highest BCUT2D eigenvalue weighted by atomic mass is 19.1. The fourth-order valence-electron chi connectivity index (χ4n) is 3.10. The van der Waals surface area contributed by atoms with Crippen molar-refractivity contribution in [2.45, 2.75) is 0 Å². The first-order valence-electron chi connectivity index (χ1n) is 8.08. The molecule has 0 radical (unpaired) electrons. The maximum absolute atomic E-state index is 14.6. The number of carbonyl (C=O) groups excluding carboxylic acids is 1. The lowest BCUT2D eigenvalue weighted by atomic mass is 9.83. The van der Waals surface area contributed by atoms with Gasteiger partial charge in [0.2, 0.25) is 5.96 Å². The van der Waals surface area contributed by atoms with Crippen LogP contribution in [0.3, 0.4) is 0 Å². The van der Waals surface area contributed by atoms with Gasteiger partial charge < -0.3 is 9.64 Å². The third kappa shape index (κ3) is 2.34. The number of rotatable bonds is 2. The molecule has 0 atom stereocenters. The van der Waals surface area contributed by atoms with Crippen LogP contribution in [0.1, 0.15) is 21.5 Å². The number of allylic oxidation sites excluding steroid dienone is 2. The Morgan fingerprint density at radius 2 is 1.73 bits per heavy atom. The Morgan fingerprint density at radius 1 is 1.00 bits per heavy atom. The quantitative estimate of drug-likeness (QED) is 0.837. The van der Waals surface area contributed by atoms with E-state index in [9.17, 15) is 9.18 Å². The predicted octanol–water partition coefficient (Wildman–Crippen LogP) is 3.16. The lowest BCUT2D eigenvalue weighted by molar-refractivity contribution is 0.105. The molecule has 0 bridgehead atoms. The highest BCUT2D eigenvalue weighted by molar-refractivity contribution is 6.43. The molecule has 0 unspecified atom stereocenters. The second-order valence-corrected chi connectivity index (χ2v) is 6.21. The van der Waals surface area contributed by atoms with Gasteiger partial charge in [-0.05, 0) is 18.2 Å². The third-order valence-corrected chi connectivity index (χ3v) is 4.38. The zero-order valence-electron chi connectivity index (χ0n) is 14.6. The predicted molar refractivity (Wildman–Crippen MR) is 98.3 cm³/mol. The van der Waals surface area contributed by atoms with Crippen LogP contribution in [0.5, 0.6) is 5.75 Å². The van der Waals surface area contributed by atoms with Crippen LogP contribution in [-0.4, -0.2) is 43.6 Å². The summed E-state index contributed by atoms with van der Waals surface area (Å²) in [4.78, 5) is 24.0. The number of aliphatic imine (C=N–C) groups is 2. The van der Waals surface area contributed by atoms with Gasteiger partial charge in [-0.15, -0.1) is 0 Å². The highest BCUT2D eigenvalue weighted by Crippen LogP contribution is 2.37. The van der Waals surface area contributed by atoms with E-state index in [0.717, 1.165) is 0 Å². The number of hydrogen-bond donors (Lipinski definition) is 0. The van der Waals surface area contributed by atoms with Crippen molar-refractivity contribution in [2.24, 2.45) is 9.98 Å². The summed E-state index contributed by atoms with van der Waals surface area (Å²) in [6.45, 7) is 0. The van der Waals surface area contributed by atoms with Gasteiger partial charge in [-0.2, -0.15) is 0 Å². The van der Waals surface area contributed by atoms with Crippen molar-refractivity contribution in [3.63, 3.8) is 0 Å². The van der Waals surface area contributed by atoms with E-state index < -0.39 is 5.82 Å². The van der Waals surface area contributed by atoms with E-state index in [1.807, 2.05) is 26.2 Å². The summed E-state index contributed by atoms with van der Waals surface area (Å²) in [6.07, 6.45) is 0. The molecule has 2 aliphatic rings. The molecule has 5 nitrogen and oxygen atoms in total. The molecule has 2 aromatic rings. The Kier molecular flexibility index (Phi) is 3.68. The number of ether oxygens (including phenoxy) is 1. The maximum atomic E-state index is 14.6. The van der Waals surface area contributed by atoms with Crippen molar-refractivity contribution in [3.05, 3.63) is 70.7 Å². The lowest BCUT2D eigenvalue weighted by Crippen LogP contribution is -2.20. The molecule has 2 aromatic carbocycles. The SMILES string of the molecule is COc1ccc(F)c(C2=C3N=C(N(C)C)N=C3c3ccccc3C2=O)c1. The van der Waals surface area contributed by atoms with Crippen molar-refractivity contribution in [1.29, 1.82) is 0 Å². The maximum Gasteiger partial charge on any atom is 0.226 e. The van der Waals surface area contributed by atoms with Crippen LogP contribution in [-0.2, 0) is 0 Å². The second kappa shape index (κ2) is 5.91. The topological polar surface area (TPSA) is 54.3 Å². The summed E-state index contributed by atoms with van der Waals surface area (Å²) in [5.74, 6) is 0.161. The number of carbonyl (C=O) groups is 1. The molecular formula is C20H16FN3O2. The third-order valence-electron chi connectivity index (χ3n) is 4.38. The number of ketones is 1. The largest absolute Gasteiger partial charge is 0.497 e. The molecule has 0 saturated carbocycles. The Labute approximate surface area is 150 Å². The molecule has 26 heavy (non-hydrogen) atoms. The van der Waals surface area contributed by atoms with Crippen LogP contribution in [0.25, 0.3) is 5.57 Å². The van der Waals surface area contributed by atoms with Gasteiger partial charge in [-0.25, -0.2) is 14.4 Å². The Balaban J connectivity index is 2.03. The summed E-state index contributed by atoms with van der Waals surface area (Å²) < 4.78 is 19.8. The zero-order chi connectivity index (χ0) is 18.4. The van der Waals surface area contributed by atoms with Crippen molar-refractivity contribution in [3.8, 4) is 5.75 Å². The minimum Gasteiger partial charge on any atom is -0.497 e. The van der Waals surface area contributed by atoms with E-state index in [1.54, 1.807) is 17.0 Å². The Hall–Kier alpha value is -3.28. The lowest BCUT2D eigenvalue weighted by Gasteiger charge is -2.19. The van der Waals surface area contributed by atoms with Gasteiger partial charge in [-0.1, -0.05) is 24.3 Å². The van der Waals surface area contributed by atoms with E-state index in [4.69, 9.17) is 4.74 Å². The monoisotopic (exact) mass is 349 g/mol. The van der Waals surface area contributed by atoms with Crippen molar-refractivity contribution < 1.29 is 13.9 Å². The summed E-state index contributed by atoms with van der Waals surface area (Å²) in [5, 5.41) is 0. The molecule has 0 fully saturated rings. The molecule has 1 aliphatic carbocycles. The number of benzene rings is 2. The van der Waals surface area contributed by atoms with Gasteiger partial charge >= 0.3 is 0 Å². The second-order valence-electron chi connectivity index (χ2n) is 6.21. The van der Waals surface area contributed by atoms with E-state index in [2.05, 4.69) is 9.98 Å². The molecule has 130 valence electrons. The summed E-state index contributed by atoms with van der Waals surface area (Å²) in [7, 11) is 5.14. The summed E-state index contributed by atoms with van der Waals surface area (Å²) in [6, 6.07) is 11.5. The number of hydrogen-bond acceptors (Lipinski definition) is 5. The first-order valence-corrected chi connectivity index (χ1v) is 8.08. The number of fused-ring (bicyclic) bond motifs is 3. The first-order chi connectivity index (χ1) is 12.5. The minimum absolute atomic E-state index is 0.162. The van der Waals surface area contributed by atoms with Gasteiger partial charge in [0.15, 0.2) is 5.78 Å². The smallest absolute Gasteiger partial charge is 0.226 e. The average Bonchev–Trinajstić information content (AvgIpc) is 3.09. The van der Waals surface area contributed by atoms with Crippen molar-refractivity contribution in [1.82, 2.24) is 4.90 Å². The van der Waals surface area contributed by atoms with Gasteiger partial charge in [0, 0.05) is 30.8 Å². The van der Waals surface area contributed by atoms with Crippen molar-refractivity contribution in [2.75, 3.05) is 21.2 Å². The molecule has 0 N–H and O–H groups in total. The van der Waals surface area contributed by atoms with Crippen LogP contribution >= 0.6 is 0 Å². The minimum atomic E-state index is -0.506. The Morgan fingerprint density at radius 3 is 2.42 bits per heavy atom. The number of Topliss-reactive ketones (excluding diaryl/α,β-unsaturated/α-hetero) is 1. The van der Waals surface area contributed by atoms with E-state index >= 15 is 0 Å². The van der Waals surface area contributed by atoms with E-state index in [0.29, 0.717) is 34.2 Å².